The summed E-state index contributed by atoms with van der Waals surface area (Å²) < 4.78 is 66.7. The normalized spacial score (nSPS) is 11.9. The molecule has 0 aliphatic rings. The SMILES string of the molecule is CC(=O)NS(=O)(=O)c1ccc(-n2nc(C(F)(F)F)c(C#N)c2NCC(C)(C)C)nc1.[NaH]. The van der Waals surface area contributed by atoms with E-state index >= 15 is 0 Å². The third-order valence-corrected chi connectivity index (χ3v) is 5.00. The molecule has 2 N–H and O–H groups in total. The van der Waals surface area contributed by atoms with Crippen LogP contribution in [0.2, 0.25) is 0 Å². The molecule has 1 amide bonds. The Labute approximate surface area is 199 Å². The first kappa shape index (κ1) is 26.9. The number of pyridine rings is 1. The number of amides is 1. The quantitative estimate of drug-likeness (QED) is 0.640. The van der Waals surface area contributed by atoms with Crippen LogP contribution in [0, 0.1) is 16.7 Å². The maximum atomic E-state index is 13.4. The van der Waals surface area contributed by atoms with E-state index in [9.17, 15) is 31.6 Å². The number of hydrogen-bond donors (Lipinski definition) is 2. The van der Waals surface area contributed by atoms with Gasteiger partial charge in [0, 0.05) is 19.7 Å². The van der Waals surface area contributed by atoms with Crippen LogP contribution in [0.4, 0.5) is 19.0 Å². The average Bonchev–Trinajstić information content (AvgIpc) is 2.97. The molecule has 2 rings (SSSR count). The molecule has 2 aromatic rings. The molecular weight excluding hydrogens is 448 g/mol. The first-order chi connectivity index (χ1) is 13.7. The molecule has 0 aliphatic carbocycles. The molecule has 0 atom stereocenters. The number of anilines is 1. The van der Waals surface area contributed by atoms with E-state index in [0.29, 0.717) is 0 Å². The number of rotatable bonds is 5. The van der Waals surface area contributed by atoms with E-state index in [1.807, 2.05) is 20.8 Å². The van der Waals surface area contributed by atoms with Crippen molar-refractivity contribution in [3.63, 3.8) is 0 Å². The molecule has 2 aromatic heterocycles. The summed E-state index contributed by atoms with van der Waals surface area (Å²) in [6.07, 6.45) is -4.02. The van der Waals surface area contributed by atoms with Gasteiger partial charge in [0.25, 0.3) is 10.0 Å². The fourth-order valence-electron chi connectivity index (χ4n) is 2.31. The predicted octanol–water partition coefficient (Wildman–Crippen LogP) is 1.79. The van der Waals surface area contributed by atoms with E-state index < -0.39 is 33.4 Å². The van der Waals surface area contributed by atoms with Crippen LogP contribution in [0.1, 0.15) is 39.0 Å². The van der Waals surface area contributed by atoms with Crippen LogP contribution in [-0.4, -0.2) is 65.2 Å². The molecule has 0 radical (unpaired) electrons. The number of nitrogens with one attached hydrogen (secondary N) is 2. The van der Waals surface area contributed by atoms with Crippen molar-refractivity contribution < 1.29 is 26.4 Å². The fourth-order valence-corrected chi connectivity index (χ4v) is 3.24. The van der Waals surface area contributed by atoms with Crippen molar-refractivity contribution in [2.75, 3.05) is 11.9 Å². The Hall–Kier alpha value is -2.14. The number of alkyl halides is 3. The summed E-state index contributed by atoms with van der Waals surface area (Å²) in [7, 11) is -4.17. The Morgan fingerprint density at radius 2 is 1.87 bits per heavy atom. The van der Waals surface area contributed by atoms with Crippen LogP contribution in [0.5, 0.6) is 0 Å². The Morgan fingerprint density at radius 1 is 1.26 bits per heavy atom. The number of carbonyl (C=O) groups is 1. The molecule has 31 heavy (non-hydrogen) atoms. The Balaban J connectivity index is 0.00000480. The van der Waals surface area contributed by atoms with Crippen LogP contribution in [0.25, 0.3) is 5.82 Å². The van der Waals surface area contributed by atoms with Gasteiger partial charge in [0.2, 0.25) is 5.91 Å². The topological polar surface area (TPSA) is 130 Å². The number of hydrogen-bond acceptors (Lipinski definition) is 7. The van der Waals surface area contributed by atoms with Crippen LogP contribution in [0.15, 0.2) is 23.2 Å². The van der Waals surface area contributed by atoms with E-state index in [0.717, 1.165) is 29.9 Å². The minimum absolute atomic E-state index is 0. The third kappa shape index (κ3) is 6.67. The molecule has 0 fully saturated rings. The second kappa shape index (κ2) is 9.56. The van der Waals surface area contributed by atoms with Crippen LogP contribution < -0.4 is 10.0 Å². The van der Waals surface area contributed by atoms with Crippen LogP contribution >= 0.6 is 0 Å². The molecule has 0 bridgehead atoms. The van der Waals surface area contributed by atoms with Gasteiger partial charge in [0.15, 0.2) is 11.5 Å². The number of sulfonamides is 1. The van der Waals surface area contributed by atoms with Crippen molar-refractivity contribution in [1.82, 2.24) is 19.5 Å². The summed E-state index contributed by atoms with van der Waals surface area (Å²) in [5.41, 5.74) is -2.43. The van der Waals surface area contributed by atoms with Gasteiger partial charge in [-0.15, -0.1) is 0 Å². The predicted molar refractivity (Wildman–Crippen MR) is 107 cm³/mol. The summed E-state index contributed by atoms with van der Waals surface area (Å²) in [5, 5.41) is 15.6. The summed E-state index contributed by atoms with van der Waals surface area (Å²) in [6, 6.07) is 3.69. The van der Waals surface area contributed by atoms with Gasteiger partial charge in [-0.1, -0.05) is 20.8 Å². The van der Waals surface area contributed by atoms with Gasteiger partial charge in [-0.2, -0.15) is 28.2 Å². The van der Waals surface area contributed by atoms with E-state index in [4.69, 9.17) is 0 Å². The molecule has 2 heterocycles. The van der Waals surface area contributed by atoms with Gasteiger partial charge in [-0.25, -0.2) is 18.1 Å². The Kier molecular flexibility index (Phi) is 8.29. The molecule has 0 saturated heterocycles. The molecule has 0 spiro atoms. The summed E-state index contributed by atoms with van der Waals surface area (Å²) >= 11 is 0. The number of aromatic nitrogens is 3. The molecule has 0 aliphatic heterocycles. The van der Waals surface area contributed by atoms with E-state index in [2.05, 4.69) is 15.4 Å². The second-order valence-electron chi connectivity index (χ2n) is 7.52. The van der Waals surface area contributed by atoms with E-state index in [1.54, 1.807) is 4.72 Å². The van der Waals surface area contributed by atoms with Crippen molar-refractivity contribution in [3.8, 4) is 11.9 Å². The van der Waals surface area contributed by atoms with Crippen molar-refractivity contribution >= 4 is 51.3 Å². The van der Waals surface area contributed by atoms with E-state index in [-0.39, 0.29) is 58.0 Å². The Bertz CT molecular complexity index is 1100. The average molecular weight is 468 g/mol. The maximum absolute atomic E-state index is 13.4. The monoisotopic (exact) mass is 468 g/mol. The van der Waals surface area contributed by atoms with Crippen molar-refractivity contribution in [2.24, 2.45) is 5.41 Å². The third-order valence-electron chi connectivity index (χ3n) is 3.58. The number of nitriles is 1. The van der Waals surface area contributed by atoms with E-state index in [1.165, 1.54) is 6.07 Å². The van der Waals surface area contributed by atoms with Crippen LogP contribution in [0.3, 0.4) is 0 Å². The number of nitrogens with zero attached hydrogens (tertiary/aromatic N) is 4. The first-order valence-electron chi connectivity index (χ1n) is 8.50. The van der Waals surface area contributed by atoms with Gasteiger partial charge < -0.3 is 5.32 Å². The van der Waals surface area contributed by atoms with Gasteiger partial charge in [-0.3, -0.25) is 4.79 Å². The zero-order valence-corrected chi connectivity index (χ0v) is 17.3. The Morgan fingerprint density at radius 3 is 2.29 bits per heavy atom. The van der Waals surface area contributed by atoms with Crippen molar-refractivity contribution in [2.45, 2.75) is 38.8 Å². The molecule has 164 valence electrons. The molecule has 0 unspecified atom stereocenters. The molecule has 0 aromatic carbocycles. The van der Waals surface area contributed by atoms with Crippen molar-refractivity contribution in [3.05, 3.63) is 29.6 Å². The summed E-state index contributed by atoms with van der Waals surface area (Å²) in [5.74, 6) is -1.18. The van der Waals surface area contributed by atoms with Crippen LogP contribution in [-0.2, 0) is 21.0 Å². The summed E-state index contributed by atoms with van der Waals surface area (Å²) in [4.78, 5) is 14.5. The van der Waals surface area contributed by atoms with Gasteiger partial charge >= 0.3 is 35.7 Å². The van der Waals surface area contributed by atoms with Crippen molar-refractivity contribution in [1.29, 1.82) is 5.26 Å². The zero-order valence-electron chi connectivity index (χ0n) is 16.5. The van der Waals surface area contributed by atoms with Gasteiger partial charge in [-0.05, 0) is 17.5 Å². The molecule has 14 heteroatoms. The van der Waals surface area contributed by atoms with Gasteiger partial charge in [0.05, 0.1) is 0 Å². The standard InChI is InChI=1S/C17H19F3N6O3S.Na.H/c1-10(27)25-30(28,29)11-5-6-13(22-8-11)26-15(23-9-16(2,3)4)12(7-21)14(24-26)17(18,19)20;;/h5-6,8,23H,9H2,1-4H3,(H,25,27);;. The fraction of sp³-hybridized carbons (Fsp3) is 0.412. The minimum atomic E-state index is -4.89. The molecule has 9 nitrogen and oxygen atoms in total. The zero-order chi connectivity index (χ0) is 22.9. The first-order valence-corrected chi connectivity index (χ1v) is 9.98. The molecule has 0 saturated carbocycles. The number of carbonyl (C=O) groups excluding carboxylic acids is 1. The molecular formula is C17H20F3N6NaO3S. The second-order valence-corrected chi connectivity index (χ2v) is 9.20. The number of halogens is 3. The summed E-state index contributed by atoms with van der Waals surface area (Å²) in [6.45, 7) is 6.77. The van der Waals surface area contributed by atoms with Gasteiger partial charge in [0.1, 0.15) is 22.3 Å².